The topological polar surface area (TPSA) is 141 Å². The minimum absolute atomic E-state index is 0.0621. The van der Waals surface area contributed by atoms with Crippen LogP contribution in [0.4, 0.5) is 0 Å². The second-order valence-electron chi connectivity index (χ2n) is 14.0. The van der Waals surface area contributed by atoms with Crippen molar-refractivity contribution >= 4 is 29.7 Å². The van der Waals surface area contributed by atoms with E-state index in [1.165, 1.54) is 26.3 Å². The van der Waals surface area contributed by atoms with Gasteiger partial charge >= 0.3 is 23.9 Å². The van der Waals surface area contributed by atoms with E-state index in [2.05, 4.69) is 33.8 Å². The molecule has 1 heterocycles. The summed E-state index contributed by atoms with van der Waals surface area (Å²) in [5.74, 6) is -2.22. The van der Waals surface area contributed by atoms with Crippen molar-refractivity contribution in [2.75, 3.05) is 0 Å². The van der Waals surface area contributed by atoms with Crippen molar-refractivity contribution in [1.29, 1.82) is 0 Å². The number of carbonyl (C=O) groups is 5. The number of ether oxygens (including phenoxy) is 6. The summed E-state index contributed by atoms with van der Waals surface area (Å²) in [5.41, 5.74) is 0.670. The fourth-order valence-electron chi connectivity index (χ4n) is 7.96. The third kappa shape index (κ3) is 8.08. The molecule has 258 valence electrons. The third-order valence-electron chi connectivity index (χ3n) is 10.1. The van der Waals surface area contributed by atoms with E-state index in [0.29, 0.717) is 24.8 Å². The number of carbonyl (C=O) groups excluding carboxylic acids is 5. The number of Topliss-reactive ketones (excluding diaryl/α,β-unsaturated/α-hetero) is 1. The molecule has 11 nitrogen and oxygen atoms in total. The molecule has 10 atom stereocenters. The molecule has 0 aromatic carbocycles. The normalized spacial score (nSPS) is 35.6. The lowest BCUT2D eigenvalue weighted by Gasteiger charge is -2.61. The molecule has 1 saturated heterocycles. The Morgan fingerprint density at radius 3 is 2.00 bits per heavy atom. The maximum absolute atomic E-state index is 13.3. The van der Waals surface area contributed by atoms with Crippen molar-refractivity contribution in [3.63, 3.8) is 0 Å². The largest absolute Gasteiger partial charge is 0.456 e. The van der Waals surface area contributed by atoms with Crippen molar-refractivity contribution in [3.05, 3.63) is 23.3 Å². The third-order valence-corrected chi connectivity index (χ3v) is 10.1. The van der Waals surface area contributed by atoms with E-state index in [4.69, 9.17) is 28.4 Å². The van der Waals surface area contributed by atoms with E-state index in [0.717, 1.165) is 6.42 Å². The van der Waals surface area contributed by atoms with E-state index in [9.17, 15) is 24.0 Å². The van der Waals surface area contributed by atoms with Gasteiger partial charge in [0.25, 0.3) is 0 Å². The Kier molecular flexibility index (Phi) is 12.0. The number of allylic oxidation sites excluding steroid dienone is 3. The van der Waals surface area contributed by atoms with Crippen molar-refractivity contribution in [2.24, 2.45) is 22.7 Å². The maximum Gasteiger partial charge on any atom is 0.333 e. The van der Waals surface area contributed by atoms with Crippen molar-refractivity contribution < 1.29 is 52.4 Å². The standard InChI is InChI=1S/C35H52O11/c1-12-18(2)32(40)46-31-26(17-35(11)25(15-14-20(4)36)19(3)13-16-27(35)34(31,9)10)45-33-30(44-24(8)39)29(43-23(7)38)28(21(5)41-33)42-22(6)37/h12-13,21,25-31,33H,14-17H2,1-11H3. The van der Waals surface area contributed by atoms with Crippen LogP contribution in [0.3, 0.4) is 0 Å². The van der Waals surface area contributed by atoms with Gasteiger partial charge < -0.3 is 33.2 Å². The monoisotopic (exact) mass is 648 g/mol. The van der Waals surface area contributed by atoms with E-state index in [-0.39, 0.29) is 23.0 Å². The minimum Gasteiger partial charge on any atom is -0.456 e. The summed E-state index contributed by atoms with van der Waals surface area (Å²) in [6.45, 7) is 18.8. The van der Waals surface area contributed by atoms with Crippen LogP contribution in [-0.2, 0) is 52.4 Å². The zero-order valence-corrected chi connectivity index (χ0v) is 29.2. The van der Waals surface area contributed by atoms with Crippen LogP contribution in [0.25, 0.3) is 0 Å². The van der Waals surface area contributed by atoms with E-state index < -0.39 is 72.2 Å². The molecule has 2 fully saturated rings. The first-order valence-corrected chi connectivity index (χ1v) is 16.2. The van der Waals surface area contributed by atoms with Crippen molar-refractivity contribution in [2.45, 2.75) is 145 Å². The Balaban J connectivity index is 2.13. The Hall–Kier alpha value is -3.05. The second-order valence-corrected chi connectivity index (χ2v) is 14.0. The molecule has 0 bridgehead atoms. The molecule has 3 aliphatic rings. The summed E-state index contributed by atoms with van der Waals surface area (Å²) in [5, 5.41) is 0. The molecular formula is C35H52O11. The predicted molar refractivity (Wildman–Crippen MR) is 167 cm³/mol. The summed E-state index contributed by atoms with van der Waals surface area (Å²) in [6.07, 6.45) is -0.976. The Bertz CT molecular complexity index is 1250. The Morgan fingerprint density at radius 1 is 0.891 bits per heavy atom. The second kappa shape index (κ2) is 14.8. The van der Waals surface area contributed by atoms with Gasteiger partial charge in [0, 0.05) is 38.2 Å². The number of esters is 4. The lowest BCUT2D eigenvalue weighted by molar-refractivity contribution is -0.329. The fourth-order valence-corrected chi connectivity index (χ4v) is 7.96. The van der Waals surface area contributed by atoms with Crippen LogP contribution in [-0.4, -0.2) is 72.6 Å². The van der Waals surface area contributed by atoms with Crippen LogP contribution in [0.2, 0.25) is 0 Å². The van der Waals surface area contributed by atoms with Crippen LogP contribution < -0.4 is 0 Å². The molecule has 46 heavy (non-hydrogen) atoms. The lowest BCUT2D eigenvalue weighted by atomic mass is 9.46. The summed E-state index contributed by atoms with van der Waals surface area (Å²) in [6, 6.07) is 0. The van der Waals surface area contributed by atoms with Crippen molar-refractivity contribution in [3.8, 4) is 0 Å². The van der Waals surface area contributed by atoms with Crippen molar-refractivity contribution in [1.82, 2.24) is 0 Å². The summed E-state index contributed by atoms with van der Waals surface area (Å²) < 4.78 is 36.0. The highest BCUT2D eigenvalue weighted by molar-refractivity contribution is 5.87. The van der Waals surface area contributed by atoms with Gasteiger partial charge in [-0.1, -0.05) is 38.5 Å². The molecule has 0 spiro atoms. The molecule has 1 saturated carbocycles. The van der Waals surface area contributed by atoms with Gasteiger partial charge in [-0.05, 0) is 71.1 Å². The van der Waals surface area contributed by atoms with Crippen LogP contribution in [0.5, 0.6) is 0 Å². The quantitative estimate of drug-likeness (QED) is 0.134. The van der Waals surface area contributed by atoms with Gasteiger partial charge in [0.05, 0.1) is 12.2 Å². The number of hydrogen-bond acceptors (Lipinski definition) is 11. The number of ketones is 1. The van der Waals surface area contributed by atoms with Gasteiger partial charge in [-0.3, -0.25) is 14.4 Å². The summed E-state index contributed by atoms with van der Waals surface area (Å²) >= 11 is 0. The number of fused-ring (bicyclic) bond motifs is 1. The maximum atomic E-state index is 13.3. The average molecular weight is 649 g/mol. The molecule has 0 aromatic rings. The van der Waals surface area contributed by atoms with Gasteiger partial charge in [-0.2, -0.15) is 0 Å². The molecule has 3 rings (SSSR count). The zero-order chi connectivity index (χ0) is 34.7. The van der Waals surface area contributed by atoms with E-state index in [1.807, 2.05) is 0 Å². The molecule has 10 unspecified atom stereocenters. The first-order chi connectivity index (χ1) is 21.3. The molecule has 2 aliphatic carbocycles. The van der Waals surface area contributed by atoms with Crippen LogP contribution >= 0.6 is 0 Å². The molecule has 1 aliphatic heterocycles. The summed E-state index contributed by atoms with van der Waals surface area (Å²) in [7, 11) is 0. The molecule has 0 amide bonds. The Morgan fingerprint density at radius 2 is 1.46 bits per heavy atom. The van der Waals surface area contributed by atoms with E-state index >= 15 is 0 Å². The van der Waals surface area contributed by atoms with Gasteiger partial charge in [0.15, 0.2) is 24.6 Å². The van der Waals surface area contributed by atoms with Crippen LogP contribution in [0, 0.1) is 22.7 Å². The smallest absolute Gasteiger partial charge is 0.333 e. The fraction of sp³-hybridized carbons (Fsp3) is 0.743. The van der Waals surface area contributed by atoms with Crippen LogP contribution in [0.15, 0.2) is 23.3 Å². The van der Waals surface area contributed by atoms with Gasteiger partial charge in [-0.15, -0.1) is 0 Å². The highest BCUT2D eigenvalue weighted by Crippen LogP contribution is 2.62. The highest BCUT2D eigenvalue weighted by Gasteiger charge is 2.62. The predicted octanol–water partition coefficient (Wildman–Crippen LogP) is 5.18. The van der Waals surface area contributed by atoms with Gasteiger partial charge in [0.2, 0.25) is 0 Å². The van der Waals surface area contributed by atoms with Gasteiger partial charge in [0.1, 0.15) is 11.9 Å². The minimum atomic E-state index is -1.30. The van der Waals surface area contributed by atoms with E-state index in [1.54, 1.807) is 33.8 Å². The zero-order valence-electron chi connectivity index (χ0n) is 29.2. The first-order valence-electron chi connectivity index (χ1n) is 16.2. The number of rotatable bonds is 10. The molecule has 11 heteroatoms. The molecule has 0 N–H and O–H groups in total. The molecule has 0 radical (unpaired) electrons. The molecular weight excluding hydrogens is 596 g/mol. The first kappa shape index (κ1) is 37.4. The lowest BCUT2D eigenvalue weighted by Crippen LogP contribution is -2.65. The number of hydrogen-bond donors (Lipinski definition) is 0. The SMILES string of the molecule is CC=C(C)C(=O)OC1C(OC2OC(C)C(OC(C)=O)C(OC(C)=O)C2OC(C)=O)CC2(C)C(CCC(C)=O)C(C)=CCC2C1(C)C. The highest BCUT2D eigenvalue weighted by atomic mass is 16.7. The van der Waals surface area contributed by atoms with Crippen LogP contribution in [0.1, 0.15) is 102 Å². The average Bonchev–Trinajstić information content (AvgIpc) is 2.92. The molecule has 0 aromatic heterocycles. The summed E-state index contributed by atoms with van der Waals surface area (Å²) in [4.78, 5) is 62.0. The van der Waals surface area contributed by atoms with Gasteiger partial charge in [-0.25, -0.2) is 4.79 Å². The Labute approximate surface area is 272 Å².